The molecule has 6 heteroatoms. The standard InChI is InChI=1S/C16H21N3O3/c1-5-22-16(20)15(11(2)3)19-10-13(9-18-19)12-6-7-17-14(8-12)21-4/h6-11,15H,5H2,1-4H3. The molecule has 0 spiro atoms. The highest BCUT2D eigenvalue weighted by atomic mass is 16.5. The average molecular weight is 303 g/mol. The Morgan fingerprint density at radius 2 is 2.14 bits per heavy atom. The zero-order valence-corrected chi connectivity index (χ0v) is 13.3. The highest BCUT2D eigenvalue weighted by Crippen LogP contribution is 2.25. The van der Waals surface area contributed by atoms with E-state index < -0.39 is 6.04 Å². The van der Waals surface area contributed by atoms with Crippen LogP contribution in [0.15, 0.2) is 30.7 Å². The fraction of sp³-hybridized carbons (Fsp3) is 0.438. The maximum absolute atomic E-state index is 12.1. The van der Waals surface area contributed by atoms with Crippen molar-refractivity contribution in [2.24, 2.45) is 5.92 Å². The minimum Gasteiger partial charge on any atom is -0.481 e. The number of hydrogen-bond acceptors (Lipinski definition) is 5. The third-order valence-corrected chi connectivity index (χ3v) is 3.32. The summed E-state index contributed by atoms with van der Waals surface area (Å²) in [5, 5.41) is 4.33. The Hall–Kier alpha value is -2.37. The first-order valence-electron chi connectivity index (χ1n) is 7.28. The second kappa shape index (κ2) is 7.06. The number of hydrogen-bond donors (Lipinski definition) is 0. The first-order valence-corrected chi connectivity index (χ1v) is 7.28. The summed E-state index contributed by atoms with van der Waals surface area (Å²) >= 11 is 0. The molecule has 0 amide bonds. The molecule has 2 aromatic heterocycles. The number of pyridine rings is 1. The maximum Gasteiger partial charge on any atom is 0.331 e. The van der Waals surface area contributed by atoms with Crippen LogP contribution >= 0.6 is 0 Å². The van der Waals surface area contributed by atoms with Gasteiger partial charge in [0.05, 0.1) is 19.9 Å². The normalized spacial score (nSPS) is 12.2. The van der Waals surface area contributed by atoms with Crippen LogP contribution in [0.2, 0.25) is 0 Å². The van der Waals surface area contributed by atoms with Crippen LogP contribution in [0, 0.1) is 5.92 Å². The number of ether oxygens (including phenoxy) is 2. The van der Waals surface area contributed by atoms with Gasteiger partial charge < -0.3 is 9.47 Å². The zero-order chi connectivity index (χ0) is 16.1. The smallest absolute Gasteiger partial charge is 0.331 e. The lowest BCUT2D eigenvalue weighted by Gasteiger charge is -2.19. The molecule has 1 atom stereocenters. The van der Waals surface area contributed by atoms with Crippen LogP contribution in [0.3, 0.4) is 0 Å². The van der Waals surface area contributed by atoms with E-state index in [1.54, 1.807) is 31.1 Å². The van der Waals surface area contributed by atoms with Gasteiger partial charge in [0, 0.05) is 24.0 Å². The Kier molecular flexibility index (Phi) is 5.14. The number of carbonyl (C=O) groups is 1. The summed E-state index contributed by atoms with van der Waals surface area (Å²) in [7, 11) is 1.57. The van der Waals surface area contributed by atoms with Gasteiger partial charge >= 0.3 is 5.97 Å². The van der Waals surface area contributed by atoms with E-state index >= 15 is 0 Å². The van der Waals surface area contributed by atoms with E-state index in [0.717, 1.165) is 11.1 Å². The Labute approximate surface area is 130 Å². The number of rotatable bonds is 6. The topological polar surface area (TPSA) is 66.2 Å². The van der Waals surface area contributed by atoms with Crippen LogP contribution in [0.25, 0.3) is 11.1 Å². The van der Waals surface area contributed by atoms with Gasteiger partial charge in [-0.1, -0.05) is 13.8 Å². The van der Waals surface area contributed by atoms with Gasteiger partial charge in [-0.2, -0.15) is 5.10 Å². The van der Waals surface area contributed by atoms with Crippen LogP contribution in [-0.4, -0.2) is 34.5 Å². The van der Waals surface area contributed by atoms with Crippen LogP contribution in [-0.2, 0) is 9.53 Å². The maximum atomic E-state index is 12.1. The minimum absolute atomic E-state index is 0.0822. The van der Waals surface area contributed by atoms with Gasteiger partial charge in [0.2, 0.25) is 5.88 Å². The van der Waals surface area contributed by atoms with Gasteiger partial charge in [0.1, 0.15) is 0 Å². The second-order valence-corrected chi connectivity index (χ2v) is 5.24. The van der Waals surface area contributed by atoms with E-state index in [0.29, 0.717) is 12.5 Å². The number of aromatic nitrogens is 3. The third kappa shape index (κ3) is 3.44. The van der Waals surface area contributed by atoms with Crippen molar-refractivity contribution in [3.63, 3.8) is 0 Å². The number of esters is 1. The fourth-order valence-electron chi connectivity index (χ4n) is 2.25. The van der Waals surface area contributed by atoms with Crippen molar-refractivity contribution in [2.75, 3.05) is 13.7 Å². The fourth-order valence-corrected chi connectivity index (χ4v) is 2.25. The van der Waals surface area contributed by atoms with Crippen molar-refractivity contribution >= 4 is 5.97 Å². The van der Waals surface area contributed by atoms with E-state index in [4.69, 9.17) is 9.47 Å². The molecule has 2 aromatic rings. The summed E-state index contributed by atoms with van der Waals surface area (Å²) in [4.78, 5) is 16.2. The number of methoxy groups -OCH3 is 1. The van der Waals surface area contributed by atoms with Crippen LogP contribution in [0.4, 0.5) is 0 Å². The van der Waals surface area contributed by atoms with E-state index in [1.807, 2.05) is 32.2 Å². The molecule has 6 nitrogen and oxygen atoms in total. The predicted octanol–water partition coefficient (Wildman–Crippen LogP) is 2.71. The summed E-state index contributed by atoms with van der Waals surface area (Å²) in [6, 6.07) is 3.27. The summed E-state index contributed by atoms with van der Waals surface area (Å²) in [5.74, 6) is 0.356. The molecule has 0 aromatic carbocycles. The third-order valence-electron chi connectivity index (χ3n) is 3.32. The van der Waals surface area contributed by atoms with Gasteiger partial charge in [-0.05, 0) is 24.5 Å². The van der Waals surface area contributed by atoms with E-state index in [1.165, 1.54) is 0 Å². The van der Waals surface area contributed by atoms with Crippen LogP contribution in [0.5, 0.6) is 5.88 Å². The highest BCUT2D eigenvalue weighted by Gasteiger charge is 2.26. The Balaban J connectivity index is 2.30. The summed E-state index contributed by atoms with van der Waals surface area (Å²) in [6.45, 7) is 6.10. The molecular weight excluding hydrogens is 282 g/mol. The summed E-state index contributed by atoms with van der Waals surface area (Å²) in [5.41, 5.74) is 1.83. The van der Waals surface area contributed by atoms with Gasteiger partial charge in [-0.15, -0.1) is 0 Å². The van der Waals surface area contributed by atoms with Gasteiger partial charge in [0.25, 0.3) is 0 Å². The lowest BCUT2D eigenvalue weighted by molar-refractivity contribution is -0.149. The number of nitrogens with zero attached hydrogens (tertiary/aromatic N) is 3. The zero-order valence-electron chi connectivity index (χ0n) is 13.3. The van der Waals surface area contributed by atoms with Gasteiger partial charge in [0.15, 0.2) is 6.04 Å². The van der Waals surface area contributed by atoms with E-state index in [2.05, 4.69) is 10.1 Å². The molecule has 0 saturated heterocycles. The molecule has 0 fully saturated rings. The van der Waals surface area contributed by atoms with Crippen molar-refractivity contribution in [1.82, 2.24) is 14.8 Å². The molecule has 0 aliphatic carbocycles. The second-order valence-electron chi connectivity index (χ2n) is 5.24. The van der Waals surface area contributed by atoms with Crippen molar-refractivity contribution in [3.8, 4) is 17.0 Å². The van der Waals surface area contributed by atoms with Crippen molar-refractivity contribution in [3.05, 3.63) is 30.7 Å². The quantitative estimate of drug-likeness (QED) is 0.768. The van der Waals surface area contributed by atoms with Crippen molar-refractivity contribution in [1.29, 1.82) is 0 Å². The molecule has 0 aliphatic rings. The predicted molar refractivity (Wildman–Crippen MR) is 82.5 cm³/mol. The molecule has 0 N–H and O–H groups in total. The van der Waals surface area contributed by atoms with Crippen LogP contribution < -0.4 is 4.74 Å². The van der Waals surface area contributed by atoms with Gasteiger partial charge in [-0.3, -0.25) is 4.68 Å². The highest BCUT2D eigenvalue weighted by molar-refractivity contribution is 5.74. The molecule has 118 valence electrons. The first kappa shape index (κ1) is 16.0. The van der Waals surface area contributed by atoms with Crippen molar-refractivity contribution < 1.29 is 14.3 Å². The Morgan fingerprint density at radius 1 is 1.36 bits per heavy atom. The SMILES string of the molecule is CCOC(=O)C(C(C)C)n1cc(-c2ccnc(OC)c2)cn1. The summed E-state index contributed by atoms with van der Waals surface area (Å²) < 4.78 is 11.9. The summed E-state index contributed by atoms with van der Waals surface area (Å²) in [6.07, 6.45) is 5.25. The molecule has 0 saturated carbocycles. The van der Waals surface area contributed by atoms with Crippen molar-refractivity contribution in [2.45, 2.75) is 26.8 Å². The molecule has 1 unspecified atom stereocenters. The molecule has 2 heterocycles. The van der Waals surface area contributed by atoms with E-state index in [-0.39, 0.29) is 11.9 Å². The first-order chi connectivity index (χ1) is 10.6. The molecular formula is C16H21N3O3. The molecule has 0 bridgehead atoms. The Morgan fingerprint density at radius 3 is 2.77 bits per heavy atom. The lowest BCUT2D eigenvalue weighted by atomic mass is 10.0. The largest absolute Gasteiger partial charge is 0.481 e. The monoisotopic (exact) mass is 303 g/mol. The van der Waals surface area contributed by atoms with Gasteiger partial charge in [-0.25, -0.2) is 9.78 Å². The lowest BCUT2D eigenvalue weighted by Crippen LogP contribution is -2.26. The molecule has 22 heavy (non-hydrogen) atoms. The van der Waals surface area contributed by atoms with E-state index in [9.17, 15) is 4.79 Å². The molecule has 0 aliphatic heterocycles. The Bertz CT molecular complexity index is 637. The molecule has 0 radical (unpaired) electrons. The minimum atomic E-state index is -0.433. The van der Waals surface area contributed by atoms with Crippen LogP contribution in [0.1, 0.15) is 26.8 Å². The average Bonchev–Trinajstić information content (AvgIpc) is 2.97. The molecule has 2 rings (SSSR count). The number of carbonyl (C=O) groups excluding carboxylic acids is 1.